The number of likely N-dealkylation sites (N-methyl/N-ethyl adjacent to an activating group) is 1. The molecule has 5 rings (SSSR count). The van der Waals surface area contributed by atoms with Crippen molar-refractivity contribution in [2.75, 3.05) is 58.1 Å². The molecule has 19 heteroatoms. The monoisotopic (exact) mass is 829 g/mol. The number of imide groups is 3. The van der Waals surface area contributed by atoms with E-state index in [1.807, 2.05) is 37.1 Å². The average Bonchev–Trinajstić information content (AvgIpc) is 3.99. The zero-order chi connectivity index (χ0) is 41.7. The molecule has 1 unspecified atom stereocenters. The van der Waals surface area contributed by atoms with E-state index < -0.39 is 58.4 Å². The Morgan fingerprint density at radius 1 is 0.966 bits per heavy atom. The van der Waals surface area contributed by atoms with E-state index >= 15 is 0 Å². The maximum Gasteiger partial charge on any atom is 0.426 e. The van der Waals surface area contributed by atoms with Crippen LogP contribution in [0.5, 0.6) is 5.75 Å². The van der Waals surface area contributed by atoms with E-state index in [4.69, 9.17) is 14.2 Å². The lowest BCUT2D eigenvalue weighted by Crippen LogP contribution is -2.50. The van der Waals surface area contributed by atoms with Gasteiger partial charge >= 0.3 is 6.18 Å². The van der Waals surface area contributed by atoms with Crippen LogP contribution in [0.3, 0.4) is 0 Å². The molecule has 15 nitrogen and oxygen atoms in total. The lowest BCUT2D eigenvalue weighted by atomic mass is 10.0. The van der Waals surface area contributed by atoms with E-state index in [1.165, 1.54) is 0 Å². The van der Waals surface area contributed by atoms with Gasteiger partial charge in [0, 0.05) is 38.6 Å². The number of benzene rings is 2. The van der Waals surface area contributed by atoms with Gasteiger partial charge in [-0.1, -0.05) is 49.0 Å². The Balaban J connectivity index is 1.17. The molecule has 5 amide bonds. The summed E-state index contributed by atoms with van der Waals surface area (Å²) in [4.78, 5) is 73.3. The molecule has 0 spiro atoms. The van der Waals surface area contributed by atoms with Gasteiger partial charge in [0.2, 0.25) is 17.5 Å². The Morgan fingerprint density at radius 3 is 2.31 bits per heavy atom. The standard InChI is InChI=1S/C39H46F3N7O8S/c1-3-19-55-22-23-56-20-6-17-44-35(52)30(45-34(51)27-10-12-28(13-11-27)38(46-47-38)39(40,41)42)25-33(50)49-36(53)31(58-37(49)54)24-26-8-14-29(15-9-26)57-21-18-48(2)32-7-4-5-16-43-32/h4-5,7-16,30-31,46-47H,3,6,17-25H2,1-2H3,(H,44,52)(H,45,51)/t30-,31?/m1/s1. The number of amides is 5. The Labute approximate surface area is 337 Å². The second kappa shape index (κ2) is 20.6. The number of anilines is 1. The van der Waals surface area contributed by atoms with Crippen molar-refractivity contribution in [2.24, 2.45) is 0 Å². The third-order valence-corrected chi connectivity index (χ3v) is 10.2. The van der Waals surface area contributed by atoms with Gasteiger partial charge in [0.1, 0.15) is 24.2 Å². The number of alkyl halides is 3. The fourth-order valence-electron chi connectivity index (χ4n) is 5.82. The number of nitrogens with zero attached hydrogens (tertiary/aromatic N) is 3. The minimum atomic E-state index is -4.66. The highest BCUT2D eigenvalue weighted by molar-refractivity contribution is 8.15. The number of carbonyl (C=O) groups excluding carboxylic acids is 5. The molecule has 2 atom stereocenters. The topological polar surface area (TPSA) is 200 Å². The summed E-state index contributed by atoms with van der Waals surface area (Å²) in [6.07, 6.45) is -2.31. The Hall–Kier alpha value is -5.08. The van der Waals surface area contributed by atoms with Gasteiger partial charge < -0.3 is 29.7 Å². The van der Waals surface area contributed by atoms with Crippen LogP contribution in [0.4, 0.5) is 23.8 Å². The van der Waals surface area contributed by atoms with Gasteiger partial charge in [0.05, 0.1) is 31.4 Å². The number of hydrogen-bond acceptors (Lipinski definition) is 13. The number of ether oxygens (including phenoxy) is 3. The van der Waals surface area contributed by atoms with E-state index in [-0.39, 0.29) is 30.7 Å². The molecule has 0 saturated carbocycles. The largest absolute Gasteiger partial charge is 0.492 e. The van der Waals surface area contributed by atoms with Gasteiger partial charge in [-0.3, -0.25) is 24.0 Å². The second-order valence-electron chi connectivity index (χ2n) is 13.4. The van der Waals surface area contributed by atoms with Gasteiger partial charge in [-0.15, -0.1) is 0 Å². The van der Waals surface area contributed by atoms with Crippen molar-refractivity contribution < 1.29 is 51.4 Å². The first-order chi connectivity index (χ1) is 27.8. The maximum atomic E-state index is 13.5. The first kappa shape index (κ1) is 44.0. The van der Waals surface area contributed by atoms with Crippen molar-refractivity contribution in [3.05, 3.63) is 89.6 Å². The van der Waals surface area contributed by atoms with E-state index in [2.05, 4.69) is 26.5 Å². The summed E-state index contributed by atoms with van der Waals surface area (Å²) in [6.45, 7) is 4.75. The third-order valence-electron chi connectivity index (χ3n) is 9.12. The van der Waals surface area contributed by atoms with Crippen LogP contribution in [0.15, 0.2) is 72.9 Å². The highest BCUT2D eigenvalue weighted by atomic mass is 32.2. The molecule has 3 heterocycles. The van der Waals surface area contributed by atoms with Crippen molar-refractivity contribution in [2.45, 2.75) is 55.7 Å². The molecular formula is C39H46F3N7O8S. The van der Waals surface area contributed by atoms with Gasteiger partial charge in [-0.25, -0.2) is 20.7 Å². The summed E-state index contributed by atoms with van der Waals surface area (Å²) in [7, 11) is 1.90. The third kappa shape index (κ3) is 11.8. The summed E-state index contributed by atoms with van der Waals surface area (Å²) >= 11 is 0.681. The molecule has 1 aromatic heterocycles. The number of hydrogen-bond donors (Lipinski definition) is 4. The maximum absolute atomic E-state index is 13.5. The lowest BCUT2D eigenvalue weighted by molar-refractivity contribution is -0.165. The molecule has 3 aromatic rings. The summed E-state index contributed by atoms with van der Waals surface area (Å²) < 4.78 is 57.3. The van der Waals surface area contributed by atoms with E-state index in [1.54, 1.807) is 30.5 Å². The SMILES string of the molecule is CCCOCCOCCCNC(=O)[C@@H](CC(=O)N1C(=O)SC(Cc2ccc(OCCN(C)c3ccccn3)cc2)C1=O)NC(=O)c1ccc(C2(C(F)(F)F)NN2)cc1. The second-order valence-corrected chi connectivity index (χ2v) is 14.6. The summed E-state index contributed by atoms with van der Waals surface area (Å²) in [5.41, 5.74) is 2.15. The Morgan fingerprint density at radius 2 is 1.67 bits per heavy atom. The van der Waals surface area contributed by atoms with Crippen LogP contribution in [0.1, 0.15) is 47.7 Å². The molecular weight excluding hydrogens is 784 g/mol. The van der Waals surface area contributed by atoms with Gasteiger partial charge in [-0.05, 0) is 66.8 Å². The zero-order valence-electron chi connectivity index (χ0n) is 32.0. The van der Waals surface area contributed by atoms with Crippen molar-refractivity contribution in [3.8, 4) is 5.75 Å². The molecule has 2 fully saturated rings. The molecule has 0 aliphatic carbocycles. The number of carbonyl (C=O) groups is 5. The minimum Gasteiger partial charge on any atom is -0.492 e. The highest BCUT2D eigenvalue weighted by Gasteiger charge is 2.65. The normalized spacial score (nSPS) is 16.5. The molecule has 2 aliphatic rings. The molecule has 312 valence electrons. The van der Waals surface area contributed by atoms with Crippen LogP contribution in [0, 0.1) is 0 Å². The number of pyridine rings is 1. The minimum absolute atomic E-state index is 0.0946. The van der Waals surface area contributed by atoms with Crippen molar-refractivity contribution in [1.82, 2.24) is 31.4 Å². The van der Waals surface area contributed by atoms with Crippen LogP contribution in [0.2, 0.25) is 0 Å². The molecule has 2 aromatic carbocycles. The number of rotatable bonds is 22. The Kier molecular flexibility index (Phi) is 15.6. The number of nitrogens with one attached hydrogen (secondary N) is 4. The summed E-state index contributed by atoms with van der Waals surface area (Å²) in [6, 6.07) is 15.6. The molecule has 4 N–H and O–H groups in total. The fraction of sp³-hybridized carbons (Fsp3) is 0.436. The van der Waals surface area contributed by atoms with Crippen LogP contribution in [-0.4, -0.2) is 109 Å². The predicted octanol–water partition coefficient (Wildman–Crippen LogP) is 3.69. The van der Waals surface area contributed by atoms with Crippen LogP contribution in [-0.2, 0) is 35.9 Å². The lowest BCUT2D eigenvalue weighted by Gasteiger charge is -2.21. The molecule has 58 heavy (non-hydrogen) atoms. The van der Waals surface area contributed by atoms with Gasteiger partial charge in [-0.2, -0.15) is 13.2 Å². The fourth-order valence-corrected chi connectivity index (χ4v) is 6.84. The van der Waals surface area contributed by atoms with Crippen molar-refractivity contribution in [3.63, 3.8) is 0 Å². The average molecular weight is 830 g/mol. The first-order valence-corrected chi connectivity index (χ1v) is 19.6. The predicted molar refractivity (Wildman–Crippen MR) is 208 cm³/mol. The number of aromatic nitrogens is 1. The smallest absolute Gasteiger partial charge is 0.426 e. The van der Waals surface area contributed by atoms with E-state index in [0.717, 1.165) is 36.5 Å². The van der Waals surface area contributed by atoms with E-state index in [0.29, 0.717) is 67.4 Å². The van der Waals surface area contributed by atoms with Gasteiger partial charge in [0.15, 0.2) is 0 Å². The molecule has 2 saturated heterocycles. The number of halogens is 3. The molecule has 2 aliphatic heterocycles. The summed E-state index contributed by atoms with van der Waals surface area (Å²) in [5.74, 6) is -2.00. The Bertz CT molecular complexity index is 1870. The van der Waals surface area contributed by atoms with Crippen molar-refractivity contribution >= 4 is 46.4 Å². The first-order valence-electron chi connectivity index (χ1n) is 18.7. The molecule has 0 radical (unpaired) electrons. The van der Waals surface area contributed by atoms with Crippen LogP contribution in [0.25, 0.3) is 0 Å². The van der Waals surface area contributed by atoms with Gasteiger partial charge in [0.25, 0.3) is 17.1 Å². The quantitative estimate of drug-likeness (QED) is 0.0846. The van der Waals surface area contributed by atoms with Crippen LogP contribution >= 0.6 is 11.8 Å². The summed E-state index contributed by atoms with van der Waals surface area (Å²) in [5, 5.41) is 3.33. The number of hydrazine groups is 1. The highest BCUT2D eigenvalue weighted by Crippen LogP contribution is 2.42. The van der Waals surface area contributed by atoms with Crippen LogP contribution < -0.4 is 31.1 Å². The number of thioether (sulfide) groups is 1. The zero-order valence-corrected chi connectivity index (χ0v) is 32.8. The van der Waals surface area contributed by atoms with E-state index in [9.17, 15) is 37.1 Å². The van der Waals surface area contributed by atoms with Crippen molar-refractivity contribution in [1.29, 1.82) is 0 Å². The molecule has 0 bridgehead atoms.